The average Bonchev–Trinajstić information content (AvgIpc) is 3.22. The van der Waals surface area contributed by atoms with E-state index in [-0.39, 0.29) is 23.1 Å². The first kappa shape index (κ1) is 20.7. The maximum Gasteiger partial charge on any atom is 0.261 e. The van der Waals surface area contributed by atoms with Crippen LogP contribution in [0.25, 0.3) is 0 Å². The van der Waals surface area contributed by atoms with Crippen LogP contribution in [0.2, 0.25) is 0 Å². The fourth-order valence-electron chi connectivity index (χ4n) is 3.58. The fraction of sp³-hybridized carbons (Fsp3) is 0.333. The van der Waals surface area contributed by atoms with Crippen LogP contribution in [0, 0.1) is 5.92 Å². The summed E-state index contributed by atoms with van der Waals surface area (Å²) in [4.78, 5) is 27.8. The minimum Gasteiger partial charge on any atom is -0.343 e. The van der Waals surface area contributed by atoms with Crippen LogP contribution in [0.1, 0.15) is 19.3 Å². The quantitative estimate of drug-likeness (QED) is 0.737. The monoisotopic (exact) mass is 445 g/mol. The zero-order chi connectivity index (χ0) is 21.1. The summed E-state index contributed by atoms with van der Waals surface area (Å²) < 4.78 is 28.0. The second-order valence-electron chi connectivity index (χ2n) is 7.42. The third-order valence-corrected chi connectivity index (χ3v) is 7.85. The van der Waals surface area contributed by atoms with Crippen molar-refractivity contribution < 1.29 is 18.0 Å². The van der Waals surface area contributed by atoms with E-state index in [0.29, 0.717) is 17.1 Å². The van der Waals surface area contributed by atoms with Crippen LogP contribution in [0.5, 0.6) is 0 Å². The zero-order valence-electron chi connectivity index (χ0n) is 16.3. The minimum absolute atomic E-state index is 0.00883. The van der Waals surface area contributed by atoms with Gasteiger partial charge in [-0.15, -0.1) is 11.8 Å². The van der Waals surface area contributed by atoms with Crippen molar-refractivity contribution in [2.45, 2.75) is 29.1 Å². The molecule has 2 aliphatic rings. The molecule has 158 valence electrons. The number of hydrogen-bond donors (Lipinski definition) is 2. The lowest BCUT2D eigenvalue weighted by Crippen LogP contribution is -2.33. The van der Waals surface area contributed by atoms with Gasteiger partial charge in [0, 0.05) is 35.8 Å². The molecule has 9 heteroatoms. The van der Waals surface area contributed by atoms with Gasteiger partial charge in [-0.05, 0) is 43.2 Å². The molecule has 0 bridgehead atoms. The highest BCUT2D eigenvalue weighted by Gasteiger charge is 2.30. The molecule has 2 aliphatic heterocycles. The van der Waals surface area contributed by atoms with Crippen LogP contribution in [0.4, 0.5) is 11.4 Å². The van der Waals surface area contributed by atoms with Crippen LogP contribution in [-0.4, -0.2) is 44.0 Å². The molecule has 4 rings (SSSR count). The van der Waals surface area contributed by atoms with E-state index < -0.39 is 15.9 Å². The highest BCUT2D eigenvalue weighted by Crippen LogP contribution is 2.35. The Labute approximate surface area is 180 Å². The van der Waals surface area contributed by atoms with E-state index >= 15 is 0 Å². The maximum atomic E-state index is 12.7. The molecule has 0 spiro atoms. The molecule has 1 atom stereocenters. The Kier molecular flexibility index (Phi) is 6.01. The standard InChI is InChI=1S/C21H23N3O4S2/c25-20(24-10-4-5-11-24)12-15-14-29-19-9-8-17(13-18(19)22-21(15)26)30(27,28)23-16-6-2-1-3-7-16/h1-3,6-9,13,15,23H,4-5,10-12,14H2,(H,22,26)/t15-/m0/s1. The van der Waals surface area contributed by atoms with Crippen molar-refractivity contribution in [2.75, 3.05) is 28.9 Å². The molecule has 0 aromatic heterocycles. The Morgan fingerprint density at radius 3 is 2.60 bits per heavy atom. The van der Waals surface area contributed by atoms with Crippen LogP contribution < -0.4 is 10.0 Å². The summed E-state index contributed by atoms with van der Waals surface area (Å²) in [6.45, 7) is 1.52. The lowest BCUT2D eigenvalue weighted by Gasteiger charge is -2.18. The maximum absolute atomic E-state index is 12.7. The van der Waals surface area contributed by atoms with Crippen molar-refractivity contribution in [3.63, 3.8) is 0 Å². The number of anilines is 2. The summed E-state index contributed by atoms with van der Waals surface area (Å²) in [7, 11) is -3.79. The molecule has 2 aromatic carbocycles. The number of amides is 2. The van der Waals surface area contributed by atoms with Crippen LogP contribution in [-0.2, 0) is 19.6 Å². The van der Waals surface area contributed by atoms with Gasteiger partial charge in [-0.3, -0.25) is 14.3 Å². The highest BCUT2D eigenvalue weighted by molar-refractivity contribution is 7.99. The van der Waals surface area contributed by atoms with Gasteiger partial charge in [0.2, 0.25) is 11.8 Å². The molecular weight excluding hydrogens is 422 g/mol. The number of likely N-dealkylation sites (tertiary alicyclic amines) is 1. The van der Waals surface area contributed by atoms with E-state index in [9.17, 15) is 18.0 Å². The van der Waals surface area contributed by atoms with E-state index in [1.807, 2.05) is 4.90 Å². The van der Waals surface area contributed by atoms with Crippen LogP contribution >= 0.6 is 11.8 Å². The third kappa shape index (κ3) is 4.62. The smallest absolute Gasteiger partial charge is 0.261 e. The molecule has 0 unspecified atom stereocenters. The first-order chi connectivity index (χ1) is 14.4. The number of nitrogens with one attached hydrogen (secondary N) is 2. The summed E-state index contributed by atoms with van der Waals surface area (Å²) >= 11 is 1.46. The van der Waals surface area contributed by atoms with E-state index in [1.54, 1.807) is 36.4 Å². The first-order valence-electron chi connectivity index (χ1n) is 9.86. The average molecular weight is 446 g/mol. The SMILES string of the molecule is O=C1Nc2cc(S(=O)(=O)Nc3ccccc3)ccc2SC[C@@H]1CC(=O)N1CCCC1. The summed E-state index contributed by atoms with van der Waals surface area (Å²) in [6.07, 6.45) is 2.20. The summed E-state index contributed by atoms with van der Waals surface area (Å²) in [6, 6.07) is 13.3. The van der Waals surface area contributed by atoms with Gasteiger partial charge in [-0.1, -0.05) is 18.2 Å². The van der Waals surface area contributed by atoms with Crippen molar-refractivity contribution in [2.24, 2.45) is 5.92 Å². The number of sulfonamides is 1. The highest BCUT2D eigenvalue weighted by atomic mass is 32.2. The first-order valence-corrected chi connectivity index (χ1v) is 12.3. The van der Waals surface area contributed by atoms with Gasteiger partial charge in [0.1, 0.15) is 0 Å². The van der Waals surface area contributed by atoms with E-state index in [2.05, 4.69) is 10.0 Å². The number of carbonyl (C=O) groups excluding carboxylic acids is 2. The Hall–Kier alpha value is -2.52. The molecule has 0 radical (unpaired) electrons. The number of benzene rings is 2. The Bertz CT molecular complexity index is 1050. The Balaban J connectivity index is 1.49. The molecule has 0 aliphatic carbocycles. The topological polar surface area (TPSA) is 95.6 Å². The van der Waals surface area contributed by atoms with Gasteiger partial charge in [-0.25, -0.2) is 8.42 Å². The van der Waals surface area contributed by atoms with E-state index in [1.165, 1.54) is 23.9 Å². The number of thioether (sulfide) groups is 1. The molecule has 7 nitrogen and oxygen atoms in total. The van der Waals surface area contributed by atoms with Gasteiger partial charge >= 0.3 is 0 Å². The molecule has 2 aromatic rings. The lowest BCUT2D eigenvalue weighted by molar-refractivity contribution is -0.133. The molecular formula is C21H23N3O4S2. The van der Waals surface area contributed by atoms with E-state index in [0.717, 1.165) is 30.8 Å². The number of para-hydroxylation sites is 1. The predicted octanol–water partition coefficient (Wildman–Crippen LogP) is 3.16. The normalized spacial score (nSPS) is 19.0. The summed E-state index contributed by atoms with van der Waals surface area (Å²) in [5.41, 5.74) is 0.920. The largest absolute Gasteiger partial charge is 0.343 e. The van der Waals surface area contributed by atoms with Crippen molar-refractivity contribution in [1.29, 1.82) is 0 Å². The van der Waals surface area contributed by atoms with Crippen molar-refractivity contribution in [3.05, 3.63) is 48.5 Å². The minimum atomic E-state index is -3.79. The molecule has 2 amide bonds. The molecule has 1 fully saturated rings. The van der Waals surface area contributed by atoms with Gasteiger partial charge < -0.3 is 10.2 Å². The molecule has 2 heterocycles. The number of rotatable bonds is 5. The summed E-state index contributed by atoms with van der Waals surface area (Å²) in [5, 5.41) is 2.82. The molecule has 0 saturated carbocycles. The number of hydrogen-bond acceptors (Lipinski definition) is 5. The van der Waals surface area contributed by atoms with Gasteiger partial charge in [0.15, 0.2) is 0 Å². The number of fused-ring (bicyclic) bond motifs is 1. The zero-order valence-corrected chi connectivity index (χ0v) is 18.0. The molecule has 2 N–H and O–H groups in total. The van der Waals surface area contributed by atoms with Crippen molar-refractivity contribution in [1.82, 2.24) is 4.90 Å². The molecule has 1 saturated heterocycles. The van der Waals surface area contributed by atoms with E-state index in [4.69, 9.17) is 0 Å². The van der Waals surface area contributed by atoms with Crippen LogP contribution in [0.15, 0.2) is 58.3 Å². The fourth-order valence-corrected chi connectivity index (χ4v) is 5.74. The molecule has 30 heavy (non-hydrogen) atoms. The summed E-state index contributed by atoms with van der Waals surface area (Å²) in [5.74, 6) is -0.209. The second-order valence-corrected chi connectivity index (χ2v) is 10.2. The lowest BCUT2D eigenvalue weighted by atomic mass is 10.1. The van der Waals surface area contributed by atoms with Gasteiger partial charge in [0.25, 0.3) is 10.0 Å². The van der Waals surface area contributed by atoms with Crippen molar-refractivity contribution >= 4 is 45.0 Å². The van der Waals surface area contributed by atoms with Gasteiger partial charge in [0.05, 0.1) is 16.5 Å². The number of nitrogens with zero attached hydrogens (tertiary/aromatic N) is 1. The number of carbonyl (C=O) groups is 2. The Morgan fingerprint density at radius 1 is 1.13 bits per heavy atom. The van der Waals surface area contributed by atoms with Gasteiger partial charge in [-0.2, -0.15) is 0 Å². The second kappa shape index (κ2) is 8.69. The Morgan fingerprint density at radius 2 is 1.87 bits per heavy atom. The van der Waals surface area contributed by atoms with Crippen molar-refractivity contribution in [3.8, 4) is 0 Å². The predicted molar refractivity (Wildman–Crippen MR) is 117 cm³/mol. The van der Waals surface area contributed by atoms with Crippen LogP contribution in [0.3, 0.4) is 0 Å². The third-order valence-electron chi connectivity index (χ3n) is 5.24.